The van der Waals surface area contributed by atoms with E-state index in [1.54, 1.807) is 14.1 Å². The fourth-order valence-corrected chi connectivity index (χ4v) is 6.38. The molecule has 0 bridgehead atoms. The summed E-state index contributed by atoms with van der Waals surface area (Å²) in [5, 5.41) is 48.3. The average molecular weight is 529 g/mol. The van der Waals surface area contributed by atoms with Crippen LogP contribution in [0, 0.1) is 11.8 Å². The number of likely N-dealkylation sites (N-methyl/N-ethyl adjacent to an activating group) is 1. The van der Waals surface area contributed by atoms with Crippen LogP contribution in [-0.4, -0.2) is 88.7 Å². The quantitative estimate of drug-likeness (QED) is 0.288. The Kier molecular flexibility index (Phi) is 6.84. The molecular weight excluding hydrogens is 492 g/mol. The van der Waals surface area contributed by atoms with E-state index in [0.717, 1.165) is 11.3 Å². The number of rotatable bonds is 6. The van der Waals surface area contributed by atoms with Crippen molar-refractivity contribution >= 4 is 23.2 Å². The van der Waals surface area contributed by atoms with Crippen LogP contribution in [0.3, 0.4) is 0 Å². The molecule has 38 heavy (non-hydrogen) atoms. The SMILES string of the molecule is CC(C)NCc1cc(O)c2c(c1N(C)C)C[C@H]1C[C@H]3[C@H](N(C)C)C(O)=C(C(N)=O)C(=O)[C@@]3(O)C(O)=C1C2=O. The number of anilines is 1. The molecule has 0 saturated heterocycles. The number of ketones is 2. The molecule has 0 aromatic heterocycles. The highest BCUT2D eigenvalue weighted by Gasteiger charge is 2.63. The molecule has 0 saturated carbocycles. The van der Waals surface area contributed by atoms with Gasteiger partial charge in [-0.05, 0) is 50.0 Å². The molecule has 3 aliphatic carbocycles. The van der Waals surface area contributed by atoms with Crippen LogP contribution in [0.15, 0.2) is 28.7 Å². The molecule has 4 rings (SSSR count). The molecule has 0 spiro atoms. The number of amides is 1. The maximum absolute atomic E-state index is 13.9. The summed E-state index contributed by atoms with van der Waals surface area (Å²) in [5.74, 6) is -6.59. The van der Waals surface area contributed by atoms with Gasteiger partial charge in [0.15, 0.2) is 11.4 Å². The van der Waals surface area contributed by atoms with E-state index in [0.29, 0.717) is 12.1 Å². The Labute approximate surface area is 221 Å². The molecule has 3 aliphatic rings. The predicted molar refractivity (Wildman–Crippen MR) is 140 cm³/mol. The topological polar surface area (TPSA) is 177 Å². The van der Waals surface area contributed by atoms with Crippen molar-refractivity contribution < 1.29 is 34.8 Å². The maximum Gasteiger partial charge on any atom is 0.255 e. The van der Waals surface area contributed by atoms with Gasteiger partial charge in [-0.15, -0.1) is 0 Å². The largest absolute Gasteiger partial charge is 0.510 e. The van der Waals surface area contributed by atoms with Gasteiger partial charge in [-0.3, -0.25) is 19.3 Å². The maximum atomic E-state index is 13.9. The van der Waals surface area contributed by atoms with Crippen LogP contribution < -0.4 is 16.0 Å². The molecule has 7 N–H and O–H groups in total. The molecule has 206 valence electrons. The number of aromatic hydroxyl groups is 1. The van der Waals surface area contributed by atoms with E-state index < -0.39 is 58.0 Å². The summed E-state index contributed by atoms with van der Waals surface area (Å²) in [7, 11) is 6.88. The lowest BCUT2D eigenvalue weighted by Crippen LogP contribution is -2.63. The lowest BCUT2D eigenvalue weighted by Gasteiger charge is -2.50. The normalized spacial score (nSPS) is 27.0. The summed E-state index contributed by atoms with van der Waals surface area (Å²) in [5.41, 5.74) is 3.90. The number of benzene rings is 1. The number of primary amides is 1. The number of nitrogens with zero attached hydrogens (tertiary/aromatic N) is 2. The summed E-state index contributed by atoms with van der Waals surface area (Å²) in [6, 6.07) is 0.674. The van der Waals surface area contributed by atoms with Crippen LogP contribution >= 0.6 is 0 Å². The van der Waals surface area contributed by atoms with E-state index in [4.69, 9.17) is 5.73 Å². The minimum absolute atomic E-state index is 0.00257. The summed E-state index contributed by atoms with van der Waals surface area (Å²) < 4.78 is 0. The lowest BCUT2D eigenvalue weighted by atomic mass is 9.58. The standard InChI is InChI=1S/C27H36N4O7/c1-11(2)29-10-13-9-16(32)18-14(20(13)30(3)4)7-12-8-15-21(31(5)6)23(34)19(26(28)37)25(36)27(15,38)24(35)17(12)22(18)33/h9,11-12,15,21,29,32,34-35,38H,7-8,10H2,1-6H3,(H2,28,37)/t12-,15-,21-,27-/m0/s1. The van der Waals surface area contributed by atoms with Crippen molar-refractivity contribution in [2.45, 2.75) is 50.9 Å². The number of hydrogen-bond acceptors (Lipinski definition) is 10. The third-order valence-electron chi connectivity index (χ3n) is 7.92. The van der Waals surface area contributed by atoms with Gasteiger partial charge in [0.2, 0.25) is 5.78 Å². The fraction of sp³-hybridized carbons (Fsp3) is 0.519. The van der Waals surface area contributed by atoms with Crippen molar-refractivity contribution in [3.8, 4) is 5.75 Å². The van der Waals surface area contributed by atoms with Gasteiger partial charge < -0.3 is 36.4 Å². The molecule has 0 aliphatic heterocycles. The van der Waals surface area contributed by atoms with Gasteiger partial charge in [-0.25, -0.2) is 0 Å². The second-order valence-corrected chi connectivity index (χ2v) is 11.2. The molecule has 11 nitrogen and oxygen atoms in total. The van der Waals surface area contributed by atoms with Crippen molar-refractivity contribution in [3.05, 3.63) is 45.4 Å². The molecule has 1 aromatic rings. The van der Waals surface area contributed by atoms with Gasteiger partial charge in [0.25, 0.3) is 5.91 Å². The summed E-state index contributed by atoms with van der Waals surface area (Å²) in [6.45, 7) is 4.45. The van der Waals surface area contributed by atoms with Gasteiger partial charge in [0.05, 0.1) is 11.6 Å². The number of aliphatic hydroxyl groups is 3. The van der Waals surface area contributed by atoms with Gasteiger partial charge in [0, 0.05) is 43.9 Å². The molecule has 0 fully saturated rings. The first-order valence-electron chi connectivity index (χ1n) is 12.6. The van der Waals surface area contributed by atoms with Crippen molar-refractivity contribution in [1.82, 2.24) is 10.2 Å². The molecule has 0 radical (unpaired) electrons. The number of aliphatic hydroxyl groups excluding tert-OH is 2. The number of phenolic OH excluding ortho intramolecular Hbond substituents is 1. The summed E-state index contributed by atoms with van der Waals surface area (Å²) in [6.07, 6.45) is 0.291. The number of allylic oxidation sites excluding steroid dienone is 1. The second kappa shape index (κ2) is 9.40. The highest BCUT2D eigenvalue weighted by molar-refractivity contribution is 6.24. The van der Waals surface area contributed by atoms with Crippen molar-refractivity contribution in [2.24, 2.45) is 17.6 Å². The van der Waals surface area contributed by atoms with E-state index >= 15 is 0 Å². The molecule has 11 heteroatoms. The van der Waals surface area contributed by atoms with E-state index in [1.807, 2.05) is 32.8 Å². The van der Waals surface area contributed by atoms with E-state index in [2.05, 4.69) is 5.32 Å². The average Bonchev–Trinajstić information content (AvgIpc) is 2.79. The fourth-order valence-electron chi connectivity index (χ4n) is 6.38. The minimum atomic E-state index is -2.65. The number of nitrogens with two attached hydrogens (primary N) is 1. The van der Waals surface area contributed by atoms with E-state index in [-0.39, 0.29) is 35.8 Å². The smallest absolute Gasteiger partial charge is 0.255 e. The summed E-state index contributed by atoms with van der Waals surface area (Å²) in [4.78, 5) is 42.7. The third kappa shape index (κ3) is 3.88. The zero-order chi connectivity index (χ0) is 28.4. The predicted octanol–water partition coefficient (Wildman–Crippen LogP) is 0.685. The van der Waals surface area contributed by atoms with E-state index in [9.17, 15) is 34.8 Å². The van der Waals surface area contributed by atoms with Crippen LogP contribution in [-0.2, 0) is 22.6 Å². The number of carbonyl (C=O) groups excluding carboxylic acids is 3. The van der Waals surface area contributed by atoms with Crippen LogP contribution in [0.25, 0.3) is 0 Å². The Hall–Kier alpha value is -3.41. The first kappa shape index (κ1) is 27.6. The number of nitrogens with one attached hydrogen (secondary N) is 1. The number of carbonyl (C=O) groups is 3. The van der Waals surface area contributed by atoms with Crippen LogP contribution in [0.5, 0.6) is 5.75 Å². The summed E-state index contributed by atoms with van der Waals surface area (Å²) >= 11 is 0. The van der Waals surface area contributed by atoms with Crippen molar-refractivity contribution in [2.75, 3.05) is 33.1 Å². The number of hydrogen-bond donors (Lipinski definition) is 6. The van der Waals surface area contributed by atoms with Gasteiger partial charge in [-0.2, -0.15) is 0 Å². The third-order valence-corrected chi connectivity index (χ3v) is 7.92. The first-order chi connectivity index (χ1) is 17.6. The monoisotopic (exact) mass is 528 g/mol. The van der Waals surface area contributed by atoms with Gasteiger partial charge in [-0.1, -0.05) is 13.8 Å². The molecule has 0 unspecified atom stereocenters. The molecule has 1 amide bonds. The lowest BCUT2D eigenvalue weighted by molar-refractivity contribution is -0.148. The number of fused-ring (bicyclic) bond motifs is 3. The Morgan fingerprint density at radius 1 is 1.18 bits per heavy atom. The Balaban J connectivity index is 1.94. The minimum Gasteiger partial charge on any atom is -0.510 e. The zero-order valence-electron chi connectivity index (χ0n) is 22.5. The first-order valence-corrected chi connectivity index (χ1v) is 12.6. The highest BCUT2D eigenvalue weighted by atomic mass is 16.3. The zero-order valence-corrected chi connectivity index (χ0v) is 22.5. The van der Waals surface area contributed by atoms with Gasteiger partial charge >= 0.3 is 0 Å². The van der Waals surface area contributed by atoms with Crippen molar-refractivity contribution in [1.29, 1.82) is 0 Å². The Morgan fingerprint density at radius 3 is 2.34 bits per heavy atom. The van der Waals surface area contributed by atoms with E-state index in [1.165, 1.54) is 11.0 Å². The molecular formula is C27H36N4O7. The van der Waals surface area contributed by atoms with Crippen LogP contribution in [0.1, 0.15) is 41.8 Å². The number of Topliss-reactive ketones (excluding diaryl/α,β-unsaturated/α-hetero) is 2. The molecule has 0 heterocycles. The molecule has 4 atom stereocenters. The van der Waals surface area contributed by atoms with Crippen LogP contribution in [0.2, 0.25) is 0 Å². The van der Waals surface area contributed by atoms with Crippen LogP contribution in [0.4, 0.5) is 5.69 Å². The second-order valence-electron chi connectivity index (χ2n) is 11.2. The van der Waals surface area contributed by atoms with Crippen molar-refractivity contribution in [3.63, 3.8) is 0 Å². The molecule has 1 aromatic carbocycles. The highest BCUT2D eigenvalue weighted by Crippen LogP contribution is 2.53. The number of phenols is 1. The Morgan fingerprint density at radius 2 is 1.82 bits per heavy atom. The Bertz CT molecular complexity index is 1300. The van der Waals surface area contributed by atoms with Gasteiger partial charge in [0.1, 0.15) is 22.8 Å².